The molecule has 0 radical (unpaired) electrons. The summed E-state index contributed by atoms with van der Waals surface area (Å²) in [4.78, 5) is 16.2. The highest BCUT2D eigenvalue weighted by Gasteiger charge is 2.50. The van der Waals surface area contributed by atoms with Crippen molar-refractivity contribution < 1.29 is 18.4 Å². The van der Waals surface area contributed by atoms with Crippen molar-refractivity contribution in [2.75, 3.05) is 0 Å². The molecule has 3 fully saturated rings. The summed E-state index contributed by atoms with van der Waals surface area (Å²) in [5.41, 5.74) is 3.56. The zero-order chi connectivity index (χ0) is 36.4. The maximum absolute atomic E-state index is 11.8. The van der Waals surface area contributed by atoms with E-state index in [1.807, 2.05) is 5.38 Å². The Bertz CT molecular complexity index is 1270. The van der Waals surface area contributed by atoms with Gasteiger partial charge in [-0.2, -0.15) is 0 Å². The SMILES string of the molecule is CC(=O)OC(CCC[C@@H](C)[C@H]1CC[C@H]2/C(=C/C=C3C[C@@H](O[Si](C)(C)C(C)(C)C)C[C@H](O[Si](C)(C)C(C)(C)C)C3)CCC[C@]12C)c1nccs1. The fraction of sp³-hybridized carbons (Fsp3) is 0.805. The van der Waals surface area contributed by atoms with E-state index in [1.165, 1.54) is 51.0 Å². The molecule has 0 aliphatic heterocycles. The molecule has 3 aliphatic carbocycles. The second kappa shape index (κ2) is 15.9. The fourth-order valence-corrected chi connectivity index (χ4v) is 12.2. The second-order valence-corrected chi connectivity index (χ2v) is 29.6. The van der Waals surface area contributed by atoms with Crippen molar-refractivity contribution in [3.63, 3.8) is 0 Å². The van der Waals surface area contributed by atoms with Crippen LogP contribution in [0.25, 0.3) is 0 Å². The Labute approximate surface area is 306 Å². The topological polar surface area (TPSA) is 57.7 Å². The van der Waals surface area contributed by atoms with Gasteiger partial charge < -0.3 is 13.6 Å². The molecule has 0 amide bonds. The Hall–Kier alpha value is -1.07. The minimum Gasteiger partial charge on any atom is -0.455 e. The highest BCUT2D eigenvalue weighted by molar-refractivity contribution is 7.09. The van der Waals surface area contributed by atoms with Gasteiger partial charge >= 0.3 is 5.97 Å². The predicted octanol–water partition coefficient (Wildman–Crippen LogP) is 12.6. The molecule has 4 rings (SSSR count). The van der Waals surface area contributed by atoms with Crippen LogP contribution in [0.2, 0.25) is 36.3 Å². The maximum atomic E-state index is 11.8. The molecule has 1 unspecified atom stereocenters. The third-order valence-corrected chi connectivity index (χ3v) is 23.4. The van der Waals surface area contributed by atoms with E-state index in [4.69, 9.17) is 13.6 Å². The summed E-state index contributed by atoms with van der Waals surface area (Å²) < 4.78 is 19.9. The number of thiazole rings is 1. The van der Waals surface area contributed by atoms with E-state index in [2.05, 4.69) is 98.7 Å². The van der Waals surface area contributed by atoms with Crippen LogP contribution in [-0.4, -0.2) is 39.8 Å². The molecular formula is C41H71NO4SSi2. The number of esters is 1. The fourth-order valence-electron chi connectivity index (χ4n) is 8.72. The van der Waals surface area contributed by atoms with Gasteiger partial charge in [-0.05, 0) is 124 Å². The zero-order valence-electron chi connectivity index (χ0n) is 33.5. The minimum absolute atomic E-state index is 0.195. The summed E-state index contributed by atoms with van der Waals surface area (Å²) in [5.74, 6) is 1.85. The number of carbonyl (C=O) groups is 1. The molecule has 0 N–H and O–H groups in total. The molecule has 49 heavy (non-hydrogen) atoms. The van der Waals surface area contributed by atoms with Gasteiger partial charge in [0, 0.05) is 18.5 Å². The number of fused-ring (bicyclic) bond motifs is 1. The van der Waals surface area contributed by atoms with Crippen molar-refractivity contribution >= 4 is 33.9 Å². The van der Waals surface area contributed by atoms with Crippen LogP contribution >= 0.6 is 11.3 Å². The van der Waals surface area contributed by atoms with E-state index in [9.17, 15) is 4.79 Å². The number of hydrogen-bond acceptors (Lipinski definition) is 6. The van der Waals surface area contributed by atoms with Gasteiger partial charge in [0.2, 0.25) is 0 Å². The minimum atomic E-state index is -1.90. The van der Waals surface area contributed by atoms with Gasteiger partial charge in [0.25, 0.3) is 0 Å². The summed E-state index contributed by atoms with van der Waals surface area (Å²) in [5, 5.41) is 3.27. The Morgan fingerprint density at radius 1 is 1.00 bits per heavy atom. The first kappa shape index (κ1) is 40.7. The molecule has 1 aromatic heterocycles. The molecule has 1 heterocycles. The van der Waals surface area contributed by atoms with E-state index in [0.29, 0.717) is 17.3 Å². The quantitative estimate of drug-likeness (QED) is 0.158. The summed E-state index contributed by atoms with van der Waals surface area (Å²) in [6.45, 7) is 30.3. The molecule has 3 saturated carbocycles. The normalized spacial score (nSPS) is 29.1. The van der Waals surface area contributed by atoms with Gasteiger partial charge in [0.05, 0.1) is 12.2 Å². The highest BCUT2D eigenvalue weighted by Crippen LogP contribution is 2.60. The highest BCUT2D eigenvalue weighted by atomic mass is 32.1. The molecular weight excluding hydrogens is 659 g/mol. The third-order valence-electron chi connectivity index (χ3n) is 13.5. The number of nitrogens with zero attached hydrogens (tertiary/aromatic N) is 1. The molecule has 3 aliphatic rings. The summed E-state index contributed by atoms with van der Waals surface area (Å²) in [6, 6.07) is 0. The molecule has 0 bridgehead atoms. The lowest BCUT2D eigenvalue weighted by atomic mass is 9.60. The summed E-state index contributed by atoms with van der Waals surface area (Å²) in [7, 11) is -3.79. The summed E-state index contributed by atoms with van der Waals surface area (Å²) >= 11 is 1.58. The van der Waals surface area contributed by atoms with Crippen molar-refractivity contribution in [2.24, 2.45) is 23.2 Å². The molecule has 1 aromatic rings. The standard InChI is InChI=1S/C41H71NO4SSi2/c1-29(16-14-18-37(44-30(2)43)38-42-24-25-47-38)35-21-22-36-32(17-15-23-41(35,36)9)20-19-31-26-33(45-48(10,11)39(3,4)5)28-34(27-31)46-49(12,13)40(6,7)8/h19-20,24-25,29,33-37H,14-18,21-23,26-28H2,1-13H3/b32-20+/t29-,33-,34-,35-,36+,37?,41-/m1/s1. The second-order valence-electron chi connectivity index (χ2n) is 19.2. The van der Waals surface area contributed by atoms with Crippen LogP contribution in [0, 0.1) is 23.2 Å². The first-order valence-electron chi connectivity index (χ1n) is 19.4. The Balaban J connectivity index is 1.47. The number of ether oxygens (including phenoxy) is 1. The van der Waals surface area contributed by atoms with Crippen molar-refractivity contribution in [2.45, 2.75) is 188 Å². The number of carbonyl (C=O) groups excluding carboxylic acids is 1. The lowest BCUT2D eigenvalue weighted by Crippen LogP contribution is -2.48. The van der Waals surface area contributed by atoms with Crippen LogP contribution in [0.1, 0.15) is 144 Å². The Morgan fingerprint density at radius 3 is 2.14 bits per heavy atom. The van der Waals surface area contributed by atoms with Gasteiger partial charge in [0.15, 0.2) is 22.7 Å². The van der Waals surface area contributed by atoms with Crippen LogP contribution < -0.4 is 0 Å². The van der Waals surface area contributed by atoms with Crippen LogP contribution in [0.3, 0.4) is 0 Å². The maximum Gasteiger partial charge on any atom is 0.303 e. The van der Waals surface area contributed by atoms with Crippen LogP contribution in [0.4, 0.5) is 0 Å². The lowest BCUT2D eigenvalue weighted by Gasteiger charge is -2.45. The van der Waals surface area contributed by atoms with E-state index in [0.717, 1.165) is 43.0 Å². The van der Waals surface area contributed by atoms with E-state index in [1.54, 1.807) is 23.1 Å². The molecule has 7 atom stereocenters. The smallest absolute Gasteiger partial charge is 0.303 e. The van der Waals surface area contributed by atoms with Crippen LogP contribution in [0.5, 0.6) is 0 Å². The molecule has 0 spiro atoms. The molecule has 5 nitrogen and oxygen atoms in total. The van der Waals surface area contributed by atoms with E-state index in [-0.39, 0.29) is 34.4 Å². The first-order valence-corrected chi connectivity index (χ1v) is 26.1. The number of rotatable bonds is 12. The van der Waals surface area contributed by atoms with E-state index < -0.39 is 16.6 Å². The van der Waals surface area contributed by atoms with Gasteiger partial charge in [-0.15, -0.1) is 11.3 Å². The number of hydrogen-bond donors (Lipinski definition) is 0. The molecule has 8 heteroatoms. The van der Waals surface area contributed by atoms with Crippen molar-refractivity contribution in [3.8, 4) is 0 Å². The predicted molar refractivity (Wildman–Crippen MR) is 212 cm³/mol. The van der Waals surface area contributed by atoms with E-state index >= 15 is 0 Å². The average molecular weight is 730 g/mol. The molecule has 278 valence electrons. The zero-order valence-corrected chi connectivity index (χ0v) is 36.4. The molecule has 0 saturated heterocycles. The monoisotopic (exact) mass is 729 g/mol. The Kier molecular flexibility index (Phi) is 13.2. The number of allylic oxidation sites excluding steroid dienone is 3. The van der Waals surface area contributed by atoms with Gasteiger partial charge in [-0.1, -0.05) is 85.1 Å². The van der Waals surface area contributed by atoms with Gasteiger partial charge in [-0.3, -0.25) is 4.79 Å². The first-order chi connectivity index (χ1) is 22.6. The van der Waals surface area contributed by atoms with Gasteiger partial charge in [0.1, 0.15) is 5.01 Å². The number of aromatic nitrogens is 1. The third kappa shape index (κ3) is 10.1. The largest absolute Gasteiger partial charge is 0.455 e. The van der Waals surface area contributed by atoms with Crippen molar-refractivity contribution in [1.82, 2.24) is 4.98 Å². The lowest BCUT2D eigenvalue weighted by molar-refractivity contribution is -0.147. The van der Waals surface area contributed by atoms with Crippen LogP contribution in [-0.2, 0) is 18.4 Å². The van der Waals surface area contributed by atoms with Crippen LogP contribution in [0.15, 0.2) is 34.9 Å². The van der Waals surface area contributed by atoms with Gasteiger partial charge in [-0.25, -0.2) is 4.98 Å². The summed E-state index contributed by atoms with van der Waals surface area (Å²) in [6.07, 6.45) is 19.8. The average Bonchev–Trinajstić information content (AvgIpc) is 3.62. The molecule has 0 aromatic carbocycles. The van der Waals surface area contributed by atoms with Crippen molar-refractivity contribution in [1.29, 1.82) is 0 Å². The van der Waals surface area contributed by atoms with Crippen molar-refractivity contribution in [3.05, 3.63) is 39.9 Å². The Morgan fingerprint density at radius 2 is 1.61 bits per heavy atom.